The molecule has 0 N–H and O–H groups in total. The summed E-state index contributed by atoms with van der Waals surface area (Å²) in [5.74, 6) is 0. The highest BCUT2D eigenvalue weighted by molar-refractivity contribution is 7.57. The zero-order valence-electron chi connectivity index (χ0n) is 29.1. The molecule has 0 amide bonds. The van der Waals surface area contributed by atoms with E-state index in [1.165, 1.54) is 0 Å². The Labute approximate surface area is 287 Å². The average Bonchev–Trinajstić information content (AvgIpc) is 3.46. The predicted octanol–water partition coefficient (Wildman–Crippen LogP) is 8.57. The van der Waals surface area contributed by atoms with E-state index in [0.717, 1.165) is 35.1 Å². The molecule has 0 spiro atoms. The Morgan fingerprint density at radius 3 is 0.854 bits per heavy atom. The number of benzene rings is 4. The minimum Gasteiger partial charge on any atom is -0.270 e. The number of unbranched alkanes of at least 4 members (excludes halogenated alkanes) is 1. The van der Waals surface area contributed by atoms with Crippen molar-refractivity contribution in [3.63, 3.8) is 0 Å². The zero-order chi connectivity index (χ0) is 34.1. The van der Waals surface area contributed by atoms with Crippen molar-refractivity contribution < 1.29 is 9.13 Å². The average molecular weight is 685 g/mol. The van der Waals surface area contributed by atoms with Gasteiger partial charge < -0.3 is 0 Å². The van der Waals surface area contributed by atoms with Crippen LogP contribution in [0.5, 0.6) is 0 Å². The molecule has 254 valence electrons. The molecule has 2 aliphatic heterocycles. The Morgan fingerprint density at radius 2 is 0.646 bits per heavy atom. The first-order valence-electron chi connectivity index (χ1n) is 16.9. The van der Waals surface area contributed by atoms with Gasteiger partial charge in [-0.3, -0.25) is 9.13 Å². The van der Waals surface area contributed by atoms with Crippen LogP contribution < -0.4 is 0 Å². The summed E-state index contributed by atoms with van der Waals surface area (Å²) in [5, 5.41) is 0. The first kappa shape index (κ1) is 34.9. The number of hydrogen-bond acceptors (Lipinski definition) is 2. The van der Waals surface area contributed by atoms with Gasteiger partial charge in [-0.05, 0) is 77.4 Å². The van der Waals surface area contributed by atoms with E-state index in [2.05, 4.69) is 125 Å². The molecule has 2 fully saturated rings. The lowest BCUT2D eigenvalue weighted by molar-refractivity contribution is 0.316. The highest BCUT2D eigenvalue weighted by atomic mass is 31.2. The lowest BCUT2D eigenvalue weighted by Gasteiger charge is -2.36. The second-order valence-corrected chi connectivity index (χ2v) is 19.2. The van der Waals surface area contributed by atoms with Gasteiger partial charge in [0, 0.05) is 13.1 Å². The monoisotopic (exact) mass is 684 g/mol. The molecule has 0 aromatic heterocycles. The van der Waals surface area contributed by atoms with Crippen molar-refractivity contribution >= 4 is 15.2 Å². The van der Waals surface area contributed by atoms with Gasteiger partial charge in [-0.1, -0.05) is 121 Å². The molecule has 2 aliphatic rings. The van der Waals surface area contributed by atoms with Gasteiger partial charge in [0.25, 0.3) is 15.2 Å². The van der Waals surface area contributed by atoms with Crippen LogP contribution >= 0.6 is 15.2 Å². The number of nitrogens with zero attached hydrogens (tertiary/aromatic N) is 6. The SMILES string of the molecule is CN(CCCCN(C)P1(=O)N(C)[C@@H](c2ccccc2)[C@H](c2ccccc2)N1C)P1(=O)N(C)[C@@H](c2ccccc2)[C@H](c2ccccc2)N1C. The second-order valence-electron chi connectivity index (χ2n) is 13.2. The van der Waals surface area contributed by atoms with Gasteiger partial charge in [-0.2, -0.15) is 0 Å². The molecule has 6 rings (SSSR count). The van der Waals surface area contributed by atoms with Crippen molar-refractivity contribution in [2.24, 2.45) is 0 Å². The van der Waals surface area contributed by atoms with Crippen LogP contribution in [0.3, 0.4) is 0 Å². The standard InChI is InChI=1S/C38H50N6O2P2/c1-39(47(45)41(3)35(31-21-11-7-12-22-31)36(42(47)4)32-23-13-8-14-24-32)29-19-20-30-40(2)48(46)43(5)37(33-25-15-9-16-26-33)38(44(48)6)34-27-17-10-18-28-34/h7-18,21-28,35-38H,19-20,29-30H2,1-6H3/t35-,36-,37-,38-/m0/s1. The molecular weight excluding hydrogens is 634 g/mol. The van der Waals surface area contributed by atoms with Crippen molar-refractivity contribution in [1.82, 2.24) is 28.0 Å². The summed E-state index contributed by atoms with van der Waals surface area (Å²) in [4.78, 5) is 0. The van der Waals surface area contributed by atoms with Gasteiger partial charge in [-0.15, -0.1) is 0 Å². The van der Waals surface area contributed by atoms with E-state index >= 15 is 9.13 Å². The van der Waals surface area contributed by atoms with Crippen LogP contribution in [-0.4, -0.2) is 83.4 Å². The molecule has 0 aliphatic carbocycles. The van der Waals surface area contributed by atoms with E-state index in [-0.39, 0.29) is 24.2 Å². The molecule has 0 bridgehead atoms. The third-order valence-corrected chi connectivity index (χ3v) is 17.0. The lowest BCUT2D eigenvalue weighted by Crippen LogP contribution is -2.31. The van der Waals surface area contributed by atoms with E-state index < -0.39 is 15.2 Å². The Bertz CT molecular complexity index is 1490. The molecule has 4 atom stereocenters. The normalized spacial score (nSPS) is 24.9. The molecule has 0 unspecified atom stereocenters. The summed E-state index contributed by atoms with van der Waals surface area (Å²) < 4.78 is 42.6. The van der Waals surface area contributed by atoms with Crippen molar-refractivity contribution in [3.8, 4) is 0 Å². The highest BCUT2D eigenvalue weighted by Crippen LogP contribution is 2.70. The van der Waals surface area contributed by atoms with Gasteiger partial charge in [-0.25, -0.2) is 28.0 Å². The summed E-state index contributed by atoms with van der Waals surface area (Å²) >= 11 is 0. The smallest absolute Gasteiger partial charge is 0.270 e. The molecule has 2 saturated heterocycles. The third-order valence-electron chi connectivity index (χ3n) is 10.5. The summed E-state index contributed by atoms with van der Waals surface area (Å²) in [6.07, 6.45) is 1.66. The summed E-state index contributed by atoms with van der Waals surface area (Å²) in [7, 11) is 5.85. The lowest BCUT2D eigenvalue weighted by atomic mass is 9.93. The van der Waals surface area contributed by atoms with Crippen molar-refractivity contribution in [3.05, 3.63) is 144 Å². The summed E-state index contributed by atoms with van der Waals surface area (Å²) in [5.41, 5.74) is 4.63. The largest absolute Gasteiger partial charge is 0.287 e. The predicted molar refractivity (Wildman–Crippen MR) is 197 cm³/mol. The molecule has 4 aromatic carbocycles. The molecule has 2 heterocycles. The first-order chi connectivity index (χ1) is 23.1. The molecular formula is C38H50N6O2P2. The number of hydrogen-bond donors (Lipinski definition) is 0. The fourth-order valence-corrected chi connectivity index (χ4v) is 14.0. The van der Waals surface area contributed by atoms with Gasteiger partial charge in [0.15, 0.2) is 0 Å². The van der Waals surface area contributed by atoms with Gasteiger partial charge in [0.05, 0.1) is 24.2 Å². The van der Waals surface area contributed by atoms with Crippen molar-refractivity contribution in [2.75, 3.05) is 55.4 Å². The second kappa shape index (κ2) is 14.5. The van der Waals surface area contributed by atoms with E-state index in [0.29, 0.717) is 13.1 Å². The van der Waals surface area contributed by atoms with Crippen LogP contribution in [0.1, 0.15) is 59.3 Å². The van der Waals surface area contributed by atoms with E-state index in [4.69, 9.17) is 0 Å². The van der Waals surface area contributed by atoms with E-state index in [9.17, 15) is 0 Å². The summed E-state index contributed by atoms with van der Waals surface area (Å²) in [6.45, 7) is 1.33. The first-order valence-corrected chi connectivity index (χ1v) is 20.0. The summed E-state index contributed by atoms with van der Waals surface area (Å²) in [6, 6.07) is 41.5. The molecule has 10 heteroatoms. The molecule has 0 radical (unpaired) electrons. The van der Waals surface area contributed by atoms with Crippen LogP contribution in [-0.2, 0) is 9.13 Å². The Kier molecular flexibility index (Phi) is 10.6. The minimum absolute atomic E-state index is 0.0494. The molecule has 8 nitrogen and oxygen atoms in total. The van der Waals surface area contributed by atoms with E-state index in [1.807, 2.05) is 66.6 Å². The third kappa shape index (κ3) is 6.08. The Balaban J connectivity index is 1.16. The quantitative estimate of drug-likeness (QED) is 0.115. The fourth-order valence-electron chi connectivity index (χ4n) is 8.01. The Hall–Kier alpha value is -2.90. The molecule has 0 saturated carbocycles. The maximum absolute atomic E-state index is 15.1. The Morgan fingerprint density at radius 1 is 0.438 bits per heavy atom. The van der Waals surface area contributed by atoms with Gasteiger partial charge >= 0.3 is 0 Å². The van der Waals surface area contributed by atoms with Gasteiger partial charge in [0.2, 0.25) is 0 Å². The fraction of sp³-hybridized carbons (Fsp3) is 0.368. The van der Waals surface area contributed by atoms with Crippen molar-refractivity contribution in [1.29, 1.82) is 0 Å². The maximum Gasteiger partial charge on any atom is 0.287 e. The van der Waals surface area contributed by atoms with E-state index in [1.54, 1.807) is 0 Å². The maximum atomic E-state index is 15.1. The van der Waals surface area contributed by atoms with Crippen LogP contribution in [0, 0.1) is 0 Å². The number of rotatable bonds is 11. The van der Waals surface area contributed by atoms with Crippen LogP contribution in [0.2, 0.25) is 0 Å². The van der Waals surface area contributed by atoms with Crippen LogP contribution in [0.15, 0.2) is 121 Å². The van der Waals surface area contributed by atoms with Crippen molar-refractivity contribution in [2.45, 2.75) is 37.0 Å². The number of likely N-dealkylation sites (N-methyl/N-ethyl adjacent to an activating group) is 4. The van der Waals surface area contributed by atoms with Crippen LogP contribution in [0.4, 0.5) is 0 Å². The van der Waals surface area contributed by atoms with Gasteiger partial charge in [0.1, 0.15) is 0 Å². The topological polar surface area (TPSA) is 53.6 Å². The highest BCUT2D eigenvalue weighted by Gasteiger charge is 2.55. The molecule has 48 heavy (non-hydrogen) atoms. The molecule has 4 aromatic rings. The zero-order valence-corrected chi connectivity index (χ0v) is 30.9. The van der Waals surface area contributed by atoms with Crippen LogP contribution in [0.25, 0.3) is 0 Å². The minimum atomic E-state index is -3.07.